The number of amides is 2. The third-order valence-electron chi connectivity index (χ3n) is 4.23. The van der Waals surface area contributed by atoms with Gasteiger partial charge in [-0.15, -0.1) is 0 Å². The van der Waals surface area contributed by atoms with Crippen molar-refractivity contribution in [1.29, 1.82) is 0 Å². The lowest BCUT2D eigenvalue weighted by Crippen LogP contribution is -2.42. The highest BCUT2D eigenvalue weighted by molar-refractivity contribution is 5.74. The van der Waals surface area contributed by atoms with Crippen LogP contribution < -0.4 is 10.6 Å². The van der Waals surface area contributed by atoms with Crippen LogP contribution in [-0.2, 0) is 0 Å². The van der Waals surface area contributed by atoms with Crippen molar-refractivity contribution in [2.45, 2.75) is 19.0 Å². The Bertz CT molecular complexity index is 656. The Hall–Kier alpha value is -2.37. The van der Waals surface area contributed by atoms with Gasteiger partial charge in [0.25, 0.3) is 0 Å². The average Bonchev–Trinajstić information content (AvgIpc) is 2.61. The Labute approximate surface area is 149 Å². The molecule has 0 saturated heterocycles. The minimum Gasteiger partial charge on any atom is -0.394 e. The molecule has 0 saturated carbocycles. The van der Waals surface area contributed by atoms with Gasteiger partial charge in [0.2, 0.25) is 0 Å². The van der Waals surface area contributed by atoms with Crippen LogP contribution in [-0.4, -0.2) is 43.3 Å². The SMILES string of the molecule is Cc1ccc(C(CNC(=O)NC(CO)c2ccccc2)N(C)C)cc1. The second-order valence-electron chi connectivity index (χ2n) is 6.39. The number of nitrogens with zero attached hydrogens (tertiary/aromatic N) is 1. The van der Waals surface area contributed by atoms with Crippen molar-refractivity contribution in [2.75, 3.05) is 27.2 Å². The Morgan fingerprint density at radius 2 is 1.68 bits per heavy atom. The smallest absolute Gasteiger partial charge is 0.315 e. The average molecular weight is 341 g/mol. The molecule has 0 bridgehead atoms. The fraction of sp³-hybridized carbons (Fsp3) is 0.350. The zero-order chi connectivity index (χ0) is 18.2. The van der Waals surface area contributed by atoms with Crippen molar-refractivity contribution in [1.82, 2.24) is 15.5 Å². The molecule has 5 heteroatoms. The van der Waals surface area contributed by atoms with Crippen molar-refractivity contribution < 1.29 is 9.90 Å². The van der Waals surface area contributed by atoms with Crippen LogP contribution in [0.25, 0.3) is 0 Å². The third kappa shape index (κ3) is 5.59. The fourth-order valence-electron chi connectivity index (χ4n) is 2.71. The van der Waals surface area contributed by atoms with Gasteiger partial charge in [0.15, 0.2) is 0 Å². The Kier molecular flexibility index (Phi) is 6.98. The second-order valence-corrected chi connectivity index (χ2v) is 6.39. The van der Waals surface area contributed by atoms with Gasteiger partial charge in [-0.05, 0) is 32.1 Å². The summed E-state index contributed by atoms with van der Waals surface area (Å²) in [5.74, 6) is 0. The molecule has 2 atom stereocenters. The largest absolute Gasteiger partial charge is 0.394 e. The third-order valence-corrected chi connectivity index (χ3v) is 4.23. The van der Waals surface area contributed by atoms with Gasteiger partial charge in [0.05, 0.1) is 18.7 Å². The molecule has 2 aromatic carbocycles. The van der Waals surface area contributed by atoms with E-state index in [9.17, 15) is 9.90 Å². The van der Waals surface area contributed by atoms with Gasteiger partial charge >= 0.3 is 6.03 Å². The Morgan fingerprint density at radius 1 is 1.04 bits per heavy atom. The molecule has 0 aliphatic heterocycles. The predicted octanol–water partition coefficient (Wildman–Crippen LogP) is 2.63. The van der Waals surface area contributed by atoms with E-state index in [1.54, 1.807) is 0 Å². The second kappa shape index (κ2) is 9.20. The van der Waals surface area contributed by atoms with Crippen LogP contribution in [0.3, 0.4) is 0 Å². The molecule has 0 aromatic heterocycles. The maximum atomic E-state index is 12.2. The van der Waals surface area contributed by atoms with Crippen molar-refractivity contribution in [3.05, 3.63) is 71.3 Å². The van der Waals surface area contributed by atoms with E-state index in [0.29, 0.717) is 6.54 Å². The number of carbonyl (C=O) groups is 1. The maximum absolute atomic E-state index is 12.2. The number of benzene rings is 2. The molecule has 2 amide bonds. The number of aryl methyl sites for hydroxylation is 1. The van der Waals surface area contributed by atoms with Crippen LogP contribution in [0.5, 0.6) is 0 Å². The van der Waals surface area contributed by atoms with E-state index in [-0.39, 0.29) is 18.7 Å². The van der Waals surface area contributed by atoms with Crippen LogP contribution in [0.2, 0.25) is 0 Å². The first kappa shape index (κ1) is 19.0. The molecule has 0 radical (unpaired) electrons. The molecular weight excluding hydrogens is 314 g/mol. The molecule has 134 valence electrons. The fourth-order valence-corrected chi connectivity index (χ4v) is 2.71. The van der Waals surface area contributed by atoms with Gasteiger partial charge in [-0.3, -0.25) is 0 Å². The number of rotatable bonds is 7. The van der Waals surface area contributed by atoms with E-state index in [2.05, 4.69) is 46.7 Å². The van der Waals surface area contributed by atoms with Gasteiger partial charge in [-0.25, -0.2) is 4.79 Å². The first-order chi connectivity index (χ1) is 12.0. The van der Waals surface area contributed by atoms with E-state index < -0.39 is 6.04 Å². The normalized spacial score (nSPS) is 13.3. The molecule has 0 heterocycles. The monoisotopic (exact) mass is 341 g/mol. The molecule has 3 N–H and O–H groups in total. The van der Waals surface area contributed by atoms with Gasteiger partial charge < -0.3 is 20.6 Å². The van der Waals surface area contributed by atoms with Crippen molar-refractivity contribution in [3.8, 4) is 0 Å². The van der Waals surface area contributed by atoms with Gasteiger partial charge in [0.1, 0.15) is 0 Å². The van der Waals surface area contributed by atoms with E-state index >= 15 is 0 Å². The number of hydrogen-bond acceptors (Lipinski definition) is 3. The predicted molar refractivity (Wildman–Crippen MR) is 100 cm³/mol. The number of aliphatic hydroxyl groups is 1. The lowest BCUT2D eigenvalue weighted by molar-refractivity contribution is 0.212. The summed E-state index contributed by atoms with van der Waals surface area (Å²) >= 11 is 0. The molecule has 2 rings (SSSR count). The number of carbonyl (C=O) groups excluding carboxylic acids is 1. The molecule has 0 aliphatic carbocycles. The van der Waals surface area contributed by atoms with E-state index in [1.807, 2.05) is 44.4 Å². The first-order valence-electron chi connectivity index (χ1n) is 8.44. The van der Waals surface area contributed by atoms with Crippen LogP contribution >= 0.6 is 0 Å². The summed E-state index contributed by atoms with van der Waals surface area (Å²) in [7, 11) is 3.98. The van der Waals surface area contributed by atoms with Crippen LogP contribution in [0.4, 0.5) is 4.79 Å². The first-order valence-corrected chi connectivity index (χ1v) is 8.44. The van der Waals surface area contributed by atoms with Crippen LogP contribution in [0.1, 0.15) is 28.8 Å². The molecule has 5 nitrogen and oxygen atoms in total. The van der Waals surface area contributed by atoms with Crippen LogP contribution in [0, 0.1) is 6.92 Å². The van der Waals surface area contributed by atoms with Crippen molar-refractivity contribution >= 4 is 6.03 Å². The quantitative estimate of drug-likeness (QED) is 0.725. The van der Waals surface area contributed by atoms with Crippen molar-refractivity contribution in [2.24, 2.45) is 0 Å². The molecule has 0 aliphatic rings. The highest BCUT2D eigenvalue weighted by Crippen LogP contribution is 2.18. The number of urea groups is 1. The number of hydrogen-bond donors (Lipinski definition) is 3. The summed E-state index contributed by atoms with van der Waals surface area (Å²) in [6, 6.07) is 17.1. The number of nitrogens with one attached hydrogen (secondary N) is 2. The van der Waals surface area contributed by atoms with Gasteiger partial charge in [0, 0.05) is 6.54 Å². The van der Waals surface area contributed by atoms with E-state index in [0.717, 1.165) is 11.1 Å². The minimum absolute atomic E-state index is 0.0793. The molecule has 0 fully saturated rings. The zero-order valence-corrected chi connectivity index (χ0v) is 15.1. The summed E-state index contributed by atoms with van der Waals surface area (Å²) in [6.45, 7) is 2.39. The molecule has 2 unspecified atom stereocenters. The van der Waals surface area contributed by atoms with E-state index in [4.69, 9.17) is 0 Å². The minimum atomic E-state index is -0.418. The summed E-state index contributed by atoms with van der Waals surface area (Å²) < 4.78 is 0. The van der Waals surface area contributed by atoms with Crippen LogP contribution in [0.15, 0.2) is 54.6 Å². The molecule has 0 spiro atoms. The van der Waals surface area contributed by atoms with E-state index in [1.165, 1.54) is 5.56 Å². The van der Waals surface area contributed by atoms with Gasteiger partial charge in [-0.2, -0.15) is 0 Å². The summed E-state index contributed by atoms with van der Waals surface area (Å²) in [5.41, 5.74) is 3.24. The summed E-state index contributed by atoms with van der Waals surface area (Å²) in [6.07, 6.45) is 0. The lowest BCUT2D eigenvalue weighted by atomic mass is 10.0. The topological polar surface area (TPSA) is 64.6 Å². The highest BCUT2D eigenvalue weighted by atomic mass is 16.3. The highest BCUT2D eigenvalue weighted by Gasteiger charge is 2.17. The molecular formula is C20H27N3O2. The Morgan fingerprint density at radius 3 is 2.24 bits per heavy atom. The maximum Gasteiger partial charge on any atom is 0.315 e. The van der Waals surface area contributed by atoms with Gasteiger partial charge in [-0.1, -0.05) is 60.2 Å². The molecule has 25 heavy (non-hydrogen) atoms. The molecule has 2 aromatic rings. The number of likely N-dealkylation sites (N-methyl/N-ethyl adjacent to an activating group) is 1. The van der Waals surface area contributed by atoms with Crippen molar-refractivity contribution in [3.63, 3.8) is 0 Å². The zero-order valence-electron chi connectivity index (χ0n) is 15.1. The summed E-state index contributed by atoms with van der Waals surface area (Å²) in [4.78, 5) is 14.3. The Balaban J connectivity index is 1.95. The lowest BCUT2D eigenvalue weighted by Gasteiger charge is -2.26. The standard InChI is InChI=1S/C20H27N3O2/c1-15-9-11-17(12-10-15)19(23(2)3)13-21-20(25)22-18(14-24)16-7-5-4-6-8-16/h4-12,18-19,24H,13-14H2,1-3H3,(H2,21,22,25). The number of aliphatic hydroxyl groups excluding tert-OH is 1. The summed E-state index contributed by atoms with van der Waals surface area (Å²) in [5, 5.41) is 15.3.